The summed E-state index contributed by atoms with van der Waals surface area (Å²) in [6, 6.07) is 9.73. The van der Waals surface area contributed by atoms with Crippen LogP contribution >= 0.6 is 0 Å². The number of ether oxygens (including phenoxy) is 2. The molecule has 8 nitrogen and oxygen atoms in total. The third-order valence-electron chi connectivity index (χ3n) is 9.65. The first-order valence-corrected chi connectivity index (χ1v) is 13.3. The van der Waals surface area contributed by atoms with E-state index in [4.69, 9.17) is 9.47 Å². The lowest BCUT2D eigenvalue weighted by Crippen LogP contribution is -2.78. The van der Waals surface area contributed by atoms with Gasteiger partial charge in [-0.25, -0.2) is 4.79 Å². The first kappa shape index (κ1) is 23.0. The van der Waals surface area contributed by atoms with Gasteiger partial charge in [0, 0.05) is 23.7 Å². The molecule has 5 atom stereocenters. The van der Waals surface area contributed by atoms with Crippen LogP contribution in [0.15, 0.2) is 36.4 Å². The largest absolute Gasteiger partial charge is 0.504 e. The molecule has 0 unspecified atom stereocenters. The molecule has 3 fully saturated rings. The molecular formula is C29H32N2O6. The zero-order valence-electron chi connectivity index (χ0n) is 20.9. The smallest absolute Gasteiger partial charge is 0.337 e. The number of nitrogens with one attached hydrogen (secondary N) is 1. The summed E-state index contributed by atoms with van der Waals surface area (Å²) in [5, 5.41) is 26.5. The van der Waals surface area contributed by atoms with Gasteiger partial charge in [-0.15, -0.1) is 0 Å². The number of aromatic hydroxyl groups is 1. The molecular weight excluding hydrogens is 472 g/mol. The second kappa shape index (κ2) is 7.95. The maximum atomic E-state index is 13.3. The average molecular weight is 505 g/mol. The summed E-state index contributed by atoms with van der Waals surface area (Å²) in [6.45, 7) is 1.89. The second-order valence-electron chi connectivity index (χ2n) is 11.5. The summed E-state index contributed by atoms with van der Waals surface area (Å²) in [6.07, 6.45) is 4.65. The third-order valence-corrected chi connectivity index (χ3v) is 9.65. The fourth-order valence-electron chi connectivity index (χ4n) is 7.76. The number of hydrogen-bond acceptors (Lipinski definition) is 7. The van der Waals surface area contributed by atoms with E-state index in [0.717, 1.165) is 43.0 Å². The summed E-state index contributed by atoms with van der Waals surface area (Å²) in [5.41, 5.74) is 1.24. The Bertz CT molecular complexity index is 1290. The quantitative estimate of drug-likeness (QED) is 0.537. The van der Waals surface area contributed by atoms with Crippen LogP contribution in [0.3, 0.4) is 0 Å². The minimum Gasteiger partial charge on any atom is -0.504 e. The zero-order chi connectivity index (χ0) is 25.5. The van der Waals surface area contributed by atoms with Gasteiger partial charge in [0.1, 0.15) is 6.10 Å². The van der Waals surface area contributed by atoms with Crippen LogP contribution < -0.4 is 10.1 Å². The lowest BCUT2D eigenvalue weighted by molar-refractivity contribution is -0.191. The number of carbonyl (C=O) groups is 2. The van der Waals surface area contributed by atoms with Crippen LogP contribution in [0.5, 0.6) is 11.5 Å². The van der Waals surface area contributed by atoms with Gasteiger partial charge in [0.25, 0.3) is 5.91 Å². The summed E-state index contributed by atoms with van der Waals surface area (Å²) in [4.78, 5) is 27.5. The number of phenols is 1. The number of esters is 1. The van der Waals surface area contributed by atoms with Crippen LogP contribution in [-0.2, 0) is 16.6 Å². The van der Waals surface area contributed by atoms with E-state index in [1.807, 2.05) is 6.07 Å². The standard InChI is InChI=1S/C29H32N2O6/c1-36-27(34)18-6-4-17(5-7-18)26(33)30-20-10-11-29(35)22-14-19-8-9-21(32)24-23(19)28(29,25(20)37-24)12-13-31(22)15-16-2-3-16/h4-9,16,20,22,25,32,35H,2-3,10-15H2,1H3,(H,30,33)/t20-,22-,25+,28+,29-/m1/s1. The van der Waals surface area contributed by atoms with Crippen molar-refractivity contribution in [3.05, 3.63) is 58.7 Å². The van der Waals surface area contributed by atoms with Crippen molar-refractivity contribution in [2.45, 2.75) is 67.7 Å². The Balaban J connectivity index is 1.23. The van der Waals surface area contributed by atoms with Gasteiger partial charge in [0.15, 0.2) is 11.5 Å². The highest BCUT2D eigenvalue weighted by molar-refractivity contribution is 5.96. The number of carbonyl (C=O) groups excluding carboxylic acids is 2. The fourth-order valence-corrected chi connectivity index (χ4v) is 7.76. The van der Waals surface area contributed by atoms with E-state index in [2.05, 4.69) is 10.2 Å². The molecule has 1 amide bonds. The minimum absolute atomic E-state index is 0.00143. The highest BCUT2D eigenvalue weighted by atomic mass is 16.5. The van der Waals surface area contributed by atoms with Crippen molar-refractivity contribution >= 4 is 11.9 Å². The fraction of sp³-hybridized carbons (Fsp3) is 0.517. The number of likely N-dealkylation sites (tertiary alicyclic amines) is 1. The van der Waals surface area contributed by atoms with E-state index >= 15 is 0 Å². The van der Waals surface area contributed by atoms with Crippen LogP contribution in [0.1, 0.15) is 63.9 Å². The average Bonchev–Trinajstić information content (AvgIpc) is 3.65. The number of benzene rings is 2. The van der Waals surface area contributed by atoms with Crippen molar-refractivity contribution in [2.24, 2.45) is 5.92 Å². The molecule has 1 saturated heterocycles. The van der Waals surface area contributed by atoms with Gasteiger partial charge in [-0.05, 0) is 86.9 Å². The molecule has 2 saturated carbocycles. The Morgan fingerprint density at radius 2 is 1.86 bits per heavy atom. The van der Waals surface area contributed by atoms with E-state index in [9.17, 15) is 19.8 Å². The number of hydrogen-bond donors (Lipinski definition) is 3. The van der Waals surface area contributed by atoms with Crippen LogP contribution in [0.4, 0.5) is 0 Å². The lowest BCUT2D eigenvalue weighted by atomic mass is 9.48. The van der Waals surface area contributed by atoms with Crippen molar-refractivity contribution < 1.29 is 29.3 Å². The molecule has 2 aromatic carbocycles. The van der Waals surface area contributed by atoms with Crippen LogP contribution in [0.2, 0.25) is 0 Å². The van der Waals surface area contributed by atoms with Crippen LogP contribution in [0.25, 0.3) is 0 Å². The molecule has 2 bridgehead atoms. The first-order chi connectivity index (χ1) is 17.9. The second-order valence-corrected chi connectivity index (χ2v) is 11.5. The van der Waals surface area contributed by atoms with E-state index in [1.165, 1.54) is 20.0 Å². The molecule has 0 aromatic heterocycles. The first-order valence-electron chi connectivity index (χ1n) is 13.3. The maximum Gasteiger partial charge on any atom is 0.337 e. The lowest BCUT2D eigenvalue weighted by Gasteiger charge is -2.64. The van der Waals surface area contributed by atoms with Gasteiger partial charge >= 0.3 is 5.97 Å². The number of aliphatic hydroxyl groups is 1. The molecule has 3 N–H and O–H groups in total. The summed E-state index contributed by atoms with van der Waals surface area (Å²) in [7, 11) is 1.32. The number of methoxy groups -OCH3 is 1. The van der Waals surface area contributed by atoms with Crippen LogP contribution in [0, 0.1) is 5.92 Å². The van der Waals surface area contributed by atoms with E-state index in [0.29, 0.717) is 29.7 Å². The molecule has 2 aromatic rings. The Morgan fingerprint density at radius 1 is 1.11 bits per heavy atom. The molecule has 1 spiro atoms. The minimum atomic E-state index is -0.986. The summed E-state index contributed by atoms with van der Waals surface area (Å²) >= 11 is 0. The molecule has 0 radical (unpaired) electrons. The highest BCUT2D eigenvalue weighted by Crippen LogP contribution is 2.65. The predicted octanol–water partition coefficient (Wildman–Crippen LogP) is 2.54. The van der Waals surface area contributed by atoms with Crippen molar-refractivity contribution in [1.82, 2.24) is 10.2 Å². The zero-order valence-corrected chi connectivity index (χ0v) is 20.9. The number of amides is 1. The molecule has 2 heterocycles. The van der Waals surface area contributed by atoms with Gasteiger partial charge < -0.3 is 25.0 Å². The monoisotopic (exact) mass is 504 g/mol. The number of nitrogens with zero attached hydrogens (tertiary/aromatic N) is 1. The van der Waals surface area contributed by atoms with Gasteiger partial charge in [-0.2, -0.15) is 0 Å². The Kier molecular flexibility index (Phi) is 4.95. The van der Waals surface area contributed by atoms with Crippen molar-refractivity contribution in [1.29, 1.82) is 0 Å². The number of piperidine rings is 1. The Hall–Kier alpha value is -3.10. The Labute approximate surface area is 215 Å². The molecule has 8 heteroatoms. The molecule has 37 heavy (non-hydrogen) atoms. The van der Waals surface area contributed by atoms with E-state index in [-0.39, 0.29) is 23.7 Å². The van der Waals surface area contributed by atoms with Crippen molar-refractivity contribution in [3.8, 4) is 11.5 Å². The topological polar surface area (TPSA) is 108 Å². The molecule has 5 aliphatic rings. The maximum absolute atomic E-state index is 13.3. The van der Waals surface area contributed by atoms with Gasteiger partial charge in [-0.3, -0.25) is 9.69 Å². The van der Waals surface area contributed by atoms with Gasteiger partial charge in [0.05, 0.1) is 29.7 Å². The van der Waals surface area contributed by atoms with E-state index in [1.54, 1.807) is 30.3 Å². The molecule has 194 valence electrons. The van der Waals surface area contributed by atoms with E-state index < -0.39 is 23.1 Å². The number of rotatable bonds is 5. The molecule has 3 aliphatic carbocycles. The number of phenolic OH excluding ortho intramolecular Hbond substituents is 1. The summed E-state index contributed by atoms with van der Waals surface area (Å²) < 4.78 is 11.3. The molecule has 2 aliphatic heterocycles. The van der Waals surface area contributed by atoms with Crippen LogP contribution in [-0.4, -0.2) is 71.0 Å². The Morgan fingerprint density at radius 3 is 2.59 bits per heavy atom. The third kappa shape index (κ3) is 3.15. The predicted molar refractivity (Wildman–Crippen MR) is 134 cm³/mol. The van der Waals surface area contributed by atoms with Gasteiger partial charge in [0.2, 0.25) is 0 Å². The van der Waals surface area contributed by atoms with Gasteiger partial charge in [-0.1, -0.05) is 6.07 Å². The van der Waals surface area contributed by atoms with Crippen molar-refractivity contribution in [2.75, 3.05) is 20.2 Å². The highest BCUT2D eigenvalue weighted by Gasteiger charge is 2.73. The normalized spacial score (nSPS) is 33.3. The molecule has 7 rings (SSSR count). The SMILES string of the molecule is COC(=O)c1ccc(C(=O)N[C@@H]2CC[C@@]3(O)[C@H]4Cc5ccc(O)c6c5[C@@]3(CCN4CC3CC3)[C@H]2O6)cc1. The summed E-state index contributed by atoms with van der Waals surface area (Å²) in [5.74, 6) is 0.577. The van der Waals surface area contributed by atoms with Crippen molar-refractivity contribution in [3.63, 3.8) is 0 Å².